The van der Waals surface area contributed by atoms with Gasteiger partial charge in [-0.1, -0.05) is 29.8 Å². The molecule has 410 valence electrons. The van der Waals surface area contributed by atoms with E-state index in [1.807, 2.05) is 19.9 Å². The number of nitrogens with zero attached hydrogens (tertiary/aromatic N) is 4. The number of hydrogen-bond donors (Lipinski definition) is 5. The molecule has 23 heteroatoms. The molecule has 7 rings (SSSR count). The Labute approximate surface area is 448 Å². The van der Waals surface area contributed by atoms with Gasteiger partial charge in [0.15, 0.2) is 15.7 Å². The minimum absolute atomic E-state index is 0.0510. The largest absolute Gasteiger partial charge is 0.489 e. The van der Waals surface area contributed by atoms with E-state index in [0.29, 0.717) is 95.3 Å². The Morgan fingerprint density at radius 2 is 1.46 bits per heavy atom. The molecule has 0 aliphatic carbocycles. The molecule has 3 aliphatic heterocycles. The zero-order valence-corrected chi connectivity index (χ0v) is 45.2. The molecule has 1 unspecified atom stereocenters. The summed E-state index contributed by atoms with van der Waals surface area (Å²) < 4.78 is 54.9. The number of imide groups is 2. The summed E-state index contributed by atoms with van der Waals surface area (Å²) in [4.78, 5) is 75.3. The molecule has 0 radical (unpaired) electrons. The van der Waals surface area contributed by atoms with E-state index in [4.69, 9.17) is 35.3 Å². The fourth-order valence-electron chi connectivity index (χ4n) is 9.03. The fraction of sp³-hybridized carbons (Fsp3) is 0.491. The normalized spacial score (nSPS) is 16.3. The van der Waals surface area contributed by atoms with Crippen LogP contribution in [-0.2, 0) is 43.2 Å². The molecule has 0 spiro atoms. The summed E-state index contributed by atoms with van der Waals surface area (Å²) in [7, 11) is -3.59. The predicted octanol–water partition coefficient (Wildman–Crippen LogP) is 5.77. The van der Waals surface area contributed by atoms with Crippen LogP contribution in [0.3, 0.4) is 0 Å². The number of halogens is 1. The number of para-hydroxylation sites is 1. The van der Waals surface area contributed by atoms with Gasteiger partial charge >= 0.3 is 0 Å². The first-order valence-electron chi connectivity index (χ1n) is 25.6. The number of amides is 5. The van der Waals surface area contributed by atoms with Crippen molar-refractivity contribution in [2.24, 2.45) is 0 Å². The highest BCUT2D eigenvalue weighted by Crippen LogP contribution is 2.39. The van der Waals surface area contributed by atoms with Crippen LogP contribution in [0.1, 0.15) is 91.1 Å². The summed E-state index contributed by atoms with van der Waals surface area (Å²) in [6.45, 7) is 14.7. The number of likely N-dealkylation sites (tertiary alicyclic amines) is 1. The number of piperidine rings is 2. The van der Waals surface area contributed by atoms with E-state index in [1.54, 1.807) is 56.3 Å². The summed E-state index contributed by atoms with van der Waals surface area (Å²) in [5, 5.41) is 14.3. The lowest BCUT2D eigenvalue weighted by Gasteiger charge is -2.32. The van der Waals surface area contributed by atoms with Crippen LogP contribution in [0.25, 0.3) is 0 Å². The van der Waals surface area contributed by atoms with Gasteiger partial charge in [-0.25, -0.2) is 13.4 Å². The van der Waals surface area contributed by atoms with Crippen LogP contribution in [0.15, 0.2) is 65.7 Å². The maximum atomic E-state index is 13.3. The van der Waals surface area contributed by atoms with Crippen molar-refractivity contribution in [3.63, 3.8) is 0 Å². The van der Waals surface area contributed by atoms with Crippen molar-refractivity contribution >= 4 is 79.8 Å². The number of ether oxygens (including phenoxy) is 5. The van der Waals surface area contributed by atoms with Crippen LogP contribution >= 0.6 is 11.6 Å². The smallest absolute Gasteiger partial charge is 0.264 e. The van der Waals surface area contributed by atoms with Crippen molar-refractivity contribution in [3.8, 4) is 5.75 Å². The first kappa shape index (κ1) is 57.4. The van der Waals surface area contributed by atoms with Crippen LogP contribution in [0.5, 0.6) is 5.75 Å². The molecule has 0 bridgehead atoms. The number of anilines is 5. The van der Waals surface area contributed by atoms with Gasteiger partial charge in [-0.2, -0.15) is 4.98 Å². The lowest BCUT2D eigenvalue weighted by molar-refractivity contribution is -0.136. The SMILES string of the molecule is Cc1cc(Nc2ncc(Cl)c(Nc3ccccc3S(=O)(=O)C(C)C)n2)c(OC(C)C)cc1C1CCN(CC(=O)NCCOCCOCCOCCOCCNc2cccc3c2C(=O)N(C2CCC(=O)NC2=O)C3=O)CC1. The molecule has 2 fully saturated rings. The van der Waals surface area contributed by atoms with Crippen molar-refractivity contribution in [1.82, 2.24) is 30.4 Å². The van der Waals surface area contributed by atoms with E-state index in [0.717, 1.165) is 36.4 Å². The van der Waals surface area contributed by atoms with Crippen LogP contribution in [0, 0.1) is 6.92 Å². The molecule has 5 amide bonds. The number of benzene rings is 3. The standard InChI is InChI=1S/C53H68ClN9O12S/c1-33(2)75-44-30-38(35(5)29-42(44)59-53-57-31-39(54)49(61-53)58-40-10-6-7-12-45(40)76(69,70)34(3)4)36-15-19-62(20-16-36)32-47(65)56-18-22-72-24-26-74-28-27-73-25-23-71-21-17-55-41-11-8-9-37-48(41)52(68)63(51(37)67)43-13-14-46(64)60-50(43)66/h6-12,29-31,33-34,36,43,55H,13-28,32H2,1-5H3,(H,56,65)(H,60,64,66)(H2,57,58,59,61). The van der Waals surface area contributed by atoms with E-state index in [2.05, 4.69) is 54.4 Å². The van der Waals surface area contributed by atoms with E-state index in [9.17, 15) is 32.4 Å². The number of aromatic nitrogens is 2. The molecule has 4 heterocycles. The molecule has 5 N–H and O–H groups in total. The molecule has 1 atom stereocenters. The minimum atomic E-state index is -3.59. The molecular formula is C53H68ClN9O12S. The second kappa shape index (κ2) is 27.2. The van der Waals surface area contributed by atoms with Crippen LogP contribution in [0.2, 0.25) is 5.02 Å². The van der Waals surface area contributed by atoms with E-state index < -0.39 is 44.8 Å². The number of sulfone groups is 1. The van der Waals surface area contributed by atoms with Crippen molar-refractivity contribution < 1.29 is 56.1 Å². The lowest BCUT2D eigenvalue weighted by Crippen LogP contribution is -2.54. The third kappa shape index (κ3) is 15.0. The molecule has 4 aromatic rings. The van der Waals surface area contributed by atoms with E-state index in [-0.39, 0.29) is 63.6 Å². The first-order chi connectivity index (χ1) is 36.5. The van der Waals surface area contributed by atoms with Crippen molar-refractivity contribution in [1.29, 1.82) is 0 Å². The van der Waals surface area contributed by atoms with Crippen molar-refractivity contribution in [3.05, 3.63) is 88.1 Å². The molecular weight excluding hydrogens is 1020 g/mol. The zero-order valence-electron chi connectivity index (χ0n) is 43.6. The number of fused-ring (bicyclic) bond motifs is 1. The van der Waals surface area contributed by atoms with Gasteiger partial charge in [0.25, 0.3) is 11.8 Å². The van der Waals surface area contributed by atoms with E-state index in [1.165, 1.54) is 11.8 Å². The average Bonchev–Trinajstić information content (AvgIpc) is 3.65. The number of nitrogens with one attached hydrogen (secondary N) is 5. The summed E-state index contributed by atoms with van der Waals surface area (Å²) in [6.07, 6.45) is 3.22. The molecule has 21 nitrogen and oxygen atoms in total. The predicted molar refractivity (Wildman–Crippen MR) is 286 cm³/mol. The van der Waals surface area contributed by atoms with Gasteiger partial charge in [0.1, 0.15) is 16.8 Å². The van der Waals surface area contributed by atoms with Crippen molar-refractivity contribution in [2.45, 2.75) is 88.5 Å². The Balaban J connectivity index is 0.735. The van der Waals surface area contributed by atoms with Crippen LogP contribution < -0.4 is 31.3 Å². The van der Waals surface area contributed by atoms with Gasteiger partial charge in [0.2, 0.25) is 23.7 Å². The Bertz CT molecular complexity index is 2830. The van der Waals surface area contributed by atoms with Crippen LogP contribution in [0.4, 0.5) is 28.8 Å². The molecule has 3 aliphatic rings. The highest BCUT2D eigenvalue weighted by atomic mass is 35.5. The van der Waals surface area contributed by atoms with Gasteiger partial charge in [-0.3, -0.25) is 39.1 Å². The number of hydrogen-bond acceptors (Lipinski definition) is 18. The summed E-state index contributed by atoms with van der Waals surface area (Å²) >= 11 is 6.51. The topological polar surface area (TPSA) is 258 Å². The third-order valence-corrected chi connectivity index (χ3v) is 15.4. The minimum Gasteiger partial charge on any atom is -0.489 e. The highest BCUT2D eigenvalue weighted by molar-refractivity contribution is 7.92. The highest BCUT2D eigenvalue weighted by Gasteiger charge is 2.45. The van der Waals surface area contributed by atoms with Gasteiger partial charge < -0.3 is 45.0 Å². The Hall–Kier alpha value is -6.27. The lowest BCUT2D eigenvalue weighted by atomic mass is 9.86. The number of carbonyl (C=O) groups excluding carboxylic acids is 5. The monoisotopic (exact) mass is 1090 g/mol. The van der Waals surface area contributed by atoms with Gasteiger partial charge in [-0.05, 0) is 120 Å². The third-order valence-electron chi connectivity index (χ3n) is 12.9. The average molecular weight is 1090 g/mol. The first-order valence-corrected chi connectivity index (χ1v) is 27.5. The van der Waals surface area contributed by atoms with Crippen molar-refractivity contribution in [2.75, 3.05) is 102 Å². The molecule has 0 saturated carbocycles. The number of aryl methyl sites for hydroxylation is 1. The summed E-state index contributed by atoms with van der Waals surface area (Å²) in [6, 6.07) is 14.6. The maximum absolute atomic E-state index is 13.3. The fourth-order valence-corrected chi connectivity index (χ4v) is 10.4. The second-order valence-electron chi connectivity index (χ2n) is 19.1. The second-order valence-corrected chi connectivity index (χ2v) is 21.9. The Kier molecular flexibility index (Phi) is 20.5. The van der Waals surface area contributed by atoms with Gasteiger partial charge in [-0.15, -0.1) is 0 Å². The van der Waals surface area contributed by atoms with E-state index >= 15 is 0 Å². The van der Waals surface area contributed by atoms with Crippen LogP contribution in [-0.4, -0.2) is 161 Å². The zero-order chi connectivity index (χ0) is 54.4. The summed E-state index contributed by atoms with van der Waals surface area (Å²) in [5.41, 5.74) is 4.13. The molecule has 3 aromatic carbocycles. The molecule has 2 saturated heterocycles. The summed E-state index contributed by atoms with van der Waals surface area (Å²) in [5.74, 6) is -0.885. The quantitative estimate of drug-likeness (QED) is 0.0334. The van der Waals surface area contributed by atoms with Gasteiger partial charge in [0.05, 0.1) is 104 Å². The molecule has 1 aromatic heterocycles. The Morgan fingerprint density at radius 3 is 2.13 bits per heavy atom. The number of rotatable bonds is 28. The maximum Gasteiger partial charge on any atom is 0.264 e. The Morgan fingerprint density at radius 1 is 0.803 bits per heavy atom. The van der Waals surface area contributed by atoms with Gasteiger partial charge in [0, 0.05) is 25.2 Å². The number of carbonyl (C=O) groups is 5. The molecule has 76 heavy (non-hydrogen) atoms.